The average Bonchev–Trinajstić information content (AvgIpc) is 3.74. The van der Waals surface area contributed by atoms with Gasteiger partial charge < -0.3 is 20.7 Å². The zero-order chi connectivity index (χ0) is 30.9. The Labute approximate surface area is 267 Å². The largest absolute Gasteiger partial charge is 0.497 e. The number of anilines is 2. The van der Waals surface area contributed by atoms with E-state index in [1.807, 2.05) is 65.5 Å². The minimum absolute atomic E-state index is 0.112. The molecular weight excluding hydrogens is 613 g/mol. The van der Waals surface area contributed by atoms with Crippen molar-refractivity contribution in [3.8, 4) is 17.0 Å². The number of hydrogen-bond donors (Lipinski definition) is 3. The zero-order valence-electron chi connectivity index (χ0n) is 23.8. The van der Waals surface area contributed by atoms with E-state index >= 15 is 0 Å². The van der Waals surface area contributed by atoms with E-state index in [-0.39, 0.29) is 17.5 Å². The highest BCUT2D eigenvalue weighted by Crippen LogP contribution is 2.29. The maximum absolute atomic E-state index is 13.3. The molecule has 0 aliphatic heterocycles. The van der Waals surface area contributed by atoms with Crippen molar-refractivity contribution >= 4 is 69.1 Å². The second-order valence-electron chi connectivity index (χ2n) is 9.43. The fourth-order valence-corrected chi connectivity index (χ4v) is 6.27. The van der Waals surface area contributed by atoms with Crippen LogP contribution in [0.15, 0.2) is 112 Å². The summed E-state index contributed by atoms with van der Waals surface area (Å²) in [5.74, 6) is -0.283. The zero-order valence-corrected chi connectivity index (χ0v) is 26.2. The highest BCUT2D eigenvalue weighted by Gasteiger charge is 2.18. The van der Waals surface area contributed by atoms with Crippen LogP contribution >= 0.6 is 34.4 Å². The summed E-state index contributed by atoms with van der Waals surface area (Å²) >= 11 is 4.20. The minimum atomic E-state index is -0.468. The lowest BCUT2D eigenvalue weighted by atomic mass is 10.2. The van der Waals surface area contributed by atoms with Crippen LogP contribution in [0.2, 0.25) is 0 Å². The molecule has 0 fully saturated rings. The topological polar surface area (TPSA) is 109 Å². The van der Waals surface area contributed by atoms with E-state index in [9.17, 15) is 14.4 Å². The summed E-state index contributed by atoms with van der Waals surface area (Å²) in [6.07, 6.45) is 1.64. The van der Waals surface area contributed by atoms with Crippen LogP contribution in [0.25, 0.3) is 17.3 Å². The van der Waals surface area contributed by atoms with E-state index < -0.39 is 11.2 Å². The van der Waals surface area contributed by atoms with Crippen molar-refractivity contribution in [2.75, 3.05) is 17.7 Å². The van der Waals surface area contributed by atoms with Gasteiger partial charge in [0.2, 0.25) is 5.91 Å². The molecule has 3 N–H and O–H groups in total. The molecule has 3 amide bonds. The molecule has 5 aromatic rings. The minimum Gasteiger partial charge on any atom is -0.497 e. The summed E-state index contributed by atoms with van der Waals surface area (Å²) in [7, 11) is 1.62. The van der Waals surface area contributed by atoms with E-state index in [1.54, 1.807) is 55.7 Å². The van der Waals surface area contributed by atoms with Gasteiger partial charge in [-0.1, -0.05) is 24.3 Å². The quantitative estimate of drug-likeness (QED) is 0.103. The van der Waals surface area contributed by atoms with Gasteiger partial charge in [0.25, 0.3) is 11.8 Å². The summed E-state index contributed by atoms with van der Waals surface area (Å²) < 4.78 is 5.21. The van der Waals surface area contributed by atoms with Gasteiger partial charge in [0, 0.05) is 27.1 Å². The molecule has 8 nitrogen and oxygen atoms in total. The summed E-state index contributed by atoms with van der Waals surface area (Å²) in [6, 6.07) is 25.4. The van der Waals surface area contributed by atoms with Gasteiger partial charge in [-0.2, -0.15) is 11.3 Å². The summed E-state index contributed by atoms with van der Waals surface area (Å²) in [5, 5.41) is 14.3. The number of carbonyl (C=O) groups is 3. The second-order valence-corrected chi connectivity index (χ2v) is 12.5. The van der Waals surface area contributed by atoms with Gasteiger partial charge in [-0.25, -0.2) is 4.98 Å². The first-order chi connectivity index (χ1) is 21.4. The van der Waals surface area contributed by atoms with Gasteiger partial charge in [0.1, 0.15) is 11.4 Å². The number of thiophene rings is 1. The van der Waals surface area contributed by atoms with Crippen molar-refractivity contribution in [1.82, 2.24) is 10.3 Å². The smallest absolute Gasteiger partial charge is 0.272 e. The Morgan fingerprint density at radius 2 is 1.73 bits per heavy atom. The third-order valence-corrected chi connectivity index (χ3v) is 8.83. The fourth-order valence-electron chi connectivity index (χ4n) is 4.00. The van der Waals surface area contributed by atoms with E-state index in [2.05, 4.69) is 20.9 Å². The van der Waals surface area contributed by atoms with Crippen LogP contribution in [0.3, 0.4) is 0 Å². The lowest BCUT2D eigenvalue weighted by molar-refractivity contribution is -0.115. The third-order valence-electron chi connectivity index (χ3n) is 6.28. The van der Waals surface area contributed by atoms with Crippen molar-refractivity contribution in [2.45, 2.75) is 17.1 Å². The van der Waals surface area contributed by atoms with Crippen LogP contribution in [-0.4, -0.2) is 35.1 Å². The number of nitrogens with zero attached hydrogens (tertiary/aromatic N) is 1. The Bertz CT molecular complexity index is 1770. The molecule has 0 aliphatic carbocycles. The Balaban J connectivity index is 1.22. The van der Waals surface area contributed by atoms with Crippen LogP contribution < -0.4 is 20.7 Å². The maximum Gasteiger partial charge on any atom is 0.272 e. The van der Waals surface area contributed by atoms with Crippen LogP contribution in [0.5, 0.6) is 5.75 Å². The average molecular weight is 641 g/mol. The molecular formula is C33H28N4O4S3. The van der Waals surface area contributed by atoms with E-state index in [1.165, 1.54) is 34.4 Å². The van der Waals surface area contributed by atoms with E-state index in [0.717, 1.165) is 27.5 Å². The van der Waals surface area contributed by atoms with Gasteiger partial charge in [-0.05, 0) is 90.0 Å². The number of methoxy groups -OCH3 is 1. The first-order valence-electron chi connectivity index (χ1n) is 13.5. The summed E-state index contributed by atoms with van der Waals surface area (Å²) in [5.41, 5.74) is 3.58. The first-order valence-corrected chi connectivity index (χ1v) is 16.2. The van der Waals surface area contributed by atoms with Crippen LogP contribution in [0.4, 0.5) is 10.8 Å². The standard InChI is InChI=1S/C33H28N4O4S3/c1-21(30(38)37-33-36-29(20-43-33)23-11-13-26(41-2)14-12-23)44-27-10-6-9-25(18-27)34-32(40)28(17-22-15-16-42-19-22)35-31(39)24-7-4-3-5-8-24/h3-21H,1-2H3,(H,34,40)(H,35,39)(H,36,37,38)/b28-17-. The number of rotatable bonds is 11. The fraction of sp³-hybridized carbons (Fsp3) is 0.0909. The molecule has 0 bridgehead atoms. The van der Waals surface area contributed by atoms with Crippen molar-refractivity contribution in [2.24, 2.45) is 0 Å². The predicted molar refractivity (Wildman–Crippen MR) is 179 cm³/mol. The number of aromatic nitrogens is 1. The van der Waals surface area contributed by atoms with Gasteiger partial charge >= 0.3 is 0 Å². The molecule has 222 valence electrons. The van der Waals surface area contributed by atoms with Crippen LogP contribution in [-0.2, 0) is 9.59 Å². The highest BCUT2D eigenvalue weighted by atomic mass is 32.2. The number of ether oxygens (including phenoxy) is 1. The lowest BCUT2D eigenvalue weighted by Gasteiger charge is -2.13. The molecule has 2 aromatic heterocycles. The number of thiazole rings is 1. The number of nitrogens with one attached hydrogen (secondary N) is 3. The molecule has 0 radical (unpaired) electrons. The molecule has 11 heteroatoms. The first kappa shape index (κ1) is 30.7. The number of benzene rings is 3. The Hall–Kier alpha value is -4.71. The second kappa shape index (κ2) is 14.6. The molecule has 3 aromatic carbocycles. The number of hydrogen-bond acceptors (Lipinski definition) is 8. The maximum atomic E-state index is 13.3. The molecule has 44 heavy (non-hydrogen) atoms. The van der Waals surface area contributed by atoms with Crippen molar-refractivity contribution in [3.63, 3.8) is 0 Å². The summed E-state index contributed by atoms with van der Waals surface area (Å²) in [6.45, 7) is 1.81. The molecule has 0 spiro atoms. The van der Waals surface area contributed by atoms with Crippen molar-refractivity contribution < 1.29 is 19.1 Å². The van der Waals surface area contributed by atoms with Crippen LogP contribution in [0, 0.1) is 0 Å². The monoisotopic (exact) mass is 640 g/mol. The predicted octanol–water partition coefficient (Wildman–Crippen LogP) is 7.41. The normalized spacial score (nSPS) is 11.8. The molecule has 1 unspecified atom stereocenters. The molecule has 0 saturated heterocycles. The molecule has 0 aliphatic rings. The van der Waals surface area contributed by atoms with Gasteiger partial charge in [-0.15, -0.1) is 23.1 Å². The van der Waals surface area contributed by atoms with Gasteiger partial charge in [0.15, 0.2) is 5.13 Å². The molecule has 0 saturated carbocycles. The number of amides is 3. The molecule has 1 atom stereocenters. The van der Waals surface area contributed by atoms with E-state index in [0.29, 0.717) is 16.4 Å². The Kier molecular flexibility index (Phi) is 10.2. The van der Waals surface area contributed by atoms with Crippen molar-refractivity contribution in [3.05, 3.63) is 118 Å². The number of thioether (sulfide) groups is 1. The summed E-state index contributed by atoms with van der Waals surface area (Å²) in [4.78, 5) is 44.5. The Morgan fingerprint density at radius 3 is 2.45 bits per heavy atom. The highest BCUT2D eigenvalue weighted by molar-refractivity contribution is 8.00. The third kappa shape index (κ3) is 8.22. The van der Waals surface area contributed by atoms with Gasteiger partial charge in [0.05, 0.1) is 18.1 Å². The van der Waals surface area contributed by atoms with Gasteiger partial charge in [-0.3, -0.25) is 14.4 Å². The lowest BCUT2D eigenvalue weighted by Crippen LogP contribution is -2.30. The Morgan fingerprint density at radius 1 is 0.932 bits per heavy atom. The van der Waals surface area contributed by atoms with Crippen LogP contribution in [0.1, 0.15) is 22.8 Å². The molecule has 2 heterocycles. The van der Waals surface area contributed by atoms with Crippen molar-refractivity contribution in [1.29, 1.82) is 0 Å². The number of carbonyl (C=O) groups excluding carboxylic acids is 3. The SMILES string of the molecule is COc1ccc(-c2csc(NC(=O)C(C)Sc3cccc(NC(=O)/C(=C/c4ccsc4)NC(=O)c4ccccc4)c3)n2)cc1. The van der Waals surface area contributed by atoms with E-state index in [4.69, 9.17) is 4.74 Å². The molecule has 5 rings (SSSR count).